The molecule has 1 aromatic heterocycles. The number of amides is 1. The Labute approximate surface area is 84.8 Å². The van der Waals surface area contributed by atoms with E-state index in [0.29, 0.717) is 0 Å². The van der Waals surface area contributed by atoms with Gasteiger partial charge in [0.25, 0.3) is 5.91 Å². The number of aromatic nitrogens is 2. The molecule has 80 valence electrons. The molecule has 0 saturated heterocycles. The number of hydrogen-bond acceptors (Lipinski definition) is 5. The van der Waals surface area contributed by atoms with Crippen LogP contribution in [0.2, 0.25) is 0 Å². The van der Waals surface area contributed by atoms with Gasteiger partial charge in [-0.1, -0.05) is 0 Å². The van der Waals surface area contributed by atoms with Crippen LogP contribution in [0.3, 0.4) is 0 Å². The van der Waals surface area contributed by atoms with Crippen LogP contribution in [0.4, 0.5) is 0 Å². The first-order valence-corrected chi connectivity index (χ1v) is 4.06. The molecule has 0 radical (unpaired) electrons. The van der Waals surface area contributed by atoms with Gasteiger partial charge < -0.3 is 15.5 Å². The van der Waals surface area contributed by atoms with E-state index in [-0.39, 0.29) is 5.56 Å². The zero-order chi connectivity index (χ0) is 11.3. The van der Waals surface area contributed by atoms with Crippen molar-refractivity contribution in [2.24, 2.45) is 0 Å². The normalized spacial score (nSPS) is 11.8. The maximum atomic E-state index is 11.4. The molecule has 0 aliphatic carbocycles. The van der Waals surface area contributed by atoms with Crippen molar-refractivity contribution in [3.63, 3.8) is 0 Å². The zero-order valence-corrected chi connectivity index (χ0v) is 7.62. The lowest BCUT2D eigenvalue weighted by atomic mass is 10.2. The van der Waals surface area contributed by atoms with Crippen molar-refractivity contribution in [3.05, 3.63) is 24.0 Å². The highest BCUT2D eigenvalue weighted by molar-refractivity contribution is 5.96. The first-order chi connectivity index (χ1) is 7.15. The molecule has 7 nitrogen and oxygen atoms in total. The number of carbonyl (C=O) groups is 2. The average molecular weight is 211 g/mol. The second kappa shape index (κ2) is 5.01. The number of aliphatic hydroxyl groups is 1. The van der Waals surface area contributed by atoms with Crippen LogP contribution in [-0.4, -0.2) is 44.9 Å². The van der Waals surface area contributed by atoms with E-state index >= 15 is 0 Å². The largest absolute Gasteiger partial charge is 0.480 e. The molecule has 1 amide bonds. The lowest BCUT2D eigenvalue weighted by Crippen LogP contribution is -2.43. The second-order valence-corrected chi connectivity index (χ2v) is 2.68. The van der Waals surface area contributed by atoms with Crippen LogP contribution in [0, 0.1) is 0 Å². The Morgan fingerprint density at radius 2 is 2.20 bits per heavy atom. The monoisotopic (exact) mass is 211 g/mol. The molecule has 0 aromatic carbocycles. The molecular weight excluding hydrogens is 202 g/mol. The molecular formula is C8H9N3O4. The van der Waals surface area contributed by atoms with E-state index in [4.69, 9.17) is 10.2 Å². The van der Waals surface area contributed by atoms with Gasteiger partial charge >= 0.3 is 5.97 Å². The number of carboxylic acids is 1. The summed E-state index contributed by atoms with van der Waals surface area (Å²) in [6, 6.07) is 0.0733. The highest BCUT2D eigenvalue weighted by Gasteiger charge is 2.19. The van der Waals surface area contributed by atoms with Crippen LogP contribution in [-0.2, 0) is 4.79 Å². The zero-order valence-electron chi connectivity index (χ0n) is 7.62. The smallest absolute Gasteiger partial charge is 0.328 e. The molecule has 1 heterocycles. The third kappa shape index (κ3) is 2.99. The van der Waals surface area contributed by atoms with Gasteiger partial charge in [0.2, 0.25) is 0 Å². The van der Waals surface area contributed by atoms with Crippen LogP contribution >= 0.6 is 0 Å². The Kier molecular flexibility index (Phi) is 3.69. The predicted molar refractivity (Wildman–Crippen MR) is 48.0 cm³/mol. The second-order valence-electron chi connectivity index (χ2n) is 2.68. The van der Waals surface area contributed by atoms with Crippen LogP contribution in [0.25, 0.3) is 0 Å². The van der Waals surface area contributed by atoms with Gasteiger partial charge in [0.05, 0.1) is 24.6 Å². The number of carboxylic acid groups (broad SMARTS) is 1. The maximum Gasteiger partial charge on any atom is 0.328 e. The summed E-state index contributed by atoms with van der Waals surface area (Å²) in [7, 11) is 0. The van der Waals surface area contributed by atoms with Crippen molar-refractivity contribution >= 4 is 11.9 Å². The van der Waals surface area contributed by atoms with Crippen LogP contribution in [0.5, 0.6) is 0 Å². The van der Waals surface area contributed by atoms with Gasteiger partial charge in [0, 0.05) is 0 Å². The van der Waals surface area contributed by atoms with E-state index in [0.717, 1.165) is 0 Å². The van der Waals surface area contributed by atoms with Gasteiger partial charge in [-0.2, -0.15) is 10.2 Å². The predicted octanol–water partition coefficient (Wildman–Crippen LogP) is -1.35. The quantitative estimate of drug-likeness (QED) is 0.567. The Morgan fingerprint density at radius 3 is 2.67 bits per heavy atom. The first-order valence-electron chi connectivity index (χ1n) is 4.06. The van der Waals surface area contributed by atoms with Crippen molar-refractivity contribution in [2.75, 3.05) is 6.61 Å². The molecule has 1 unspecified atom stereocenters. The average Bonchev–Trinajstić information content (AvgIpc) is 2.26. The number of aliphatic hydroxyl groups excluding tert-OH is 1. The third-order valence-corrected chi connectivity index (χ3v) is 1.63. The Hall–Kier alpha value is -2.02. The summed E-state index contributed by atoms with van der Waals surface area (Å²) in [5.74, 6) is -1.92. The molecule has 0 aliphatic heterocycles. The van der Waals surface area contributed by atoms with Crippen molar-refractivity contribution in [1.29, 1.82) is 0 Å². The van der Waals surface area contributed by atoms with Gasteiger partial charge in [-0.05, 0) is 6.07 Å². The van der Waals surface area contributed by atoms with E-state index < -0.39 is 24.5 Å². The fraction of sp³-hybridized carbons (Fsp3) is 0.250. The maximum absolute atomic E-state index is 11.4. The molecule has 0 fully saturated rings. The van der Waals surface area contributed by atoms with E-state index in [1.165, 1.54) is 18.5 Å². The number of carbonyl (C=O) groups excluding carboxylic acids is 1. The Morgan fingerprint density at radius 1 is 1.47 bits per heavy atom. The van der Waals surface area contributed by atoms with Gasteiger partial charge in [0.15, 0.2) is 6.04 Å². The van der Waals surface area contributed by atoms with Gasteiger partial charge in [0.1, 0.15) is 0 Å². The summed E-state index contributed by atoms with van der Waals surface area (Å²) >= 11 is 0. The summed E-state index contributed by atoms with van der Waals surface area (Å²) in [4.78, 5) is 21.9. The summed E-state index contributed by atoms with van der Waals surface area (Å²) in [6.07, 6.45) is 2.51. The van der Waals surface area contributed by atoms with Crippen LogP contribution in [0.15, 0.2) is 18.5 Å². The SMILES string of the molecule is O=C(NC(CO)C(=O)O)c1ccnnc1. The summed E-state index contributed by atoms with van der Waals surface area (Å²) < 4.78 is 0. The fourth-order valence-corrected chi connectivity index (χ4v) is 0.852. The molecule has 1 atom stereocenters. The number of rotatable bonds is 4. The van der Waals surface area contributed by atoms with Crippen molar-refractivity contribution in [1.82, 2.24) is 15.5 Å². The highest BCUT2D eigenvalue weighted by atomic mass is 16.4. The molecule has 0 saturated carbocycles. The standard InChI is InChI=1S/C8H9N3O4/c12-4-6(8(14)15)11-7(13)5-1-2-9-10-3-5/h1-3,6,12H,4H2,(H,11,13)(H,14,15). The molecule has 0 bridgehead atoms. The molecule has 7 heteroatoms. The highest BCUT2D eigenvalue weighted by Crippen LogP contribution is 1.95. The number of hydrogen-bond donors (Lipinski definition) is 3. The Bertz CT molecular complexity index is 354. The van der Waals surface area contributed by atoms with Crippen molar-refractivity contribution in [2.45, 2.75) is 6.04 Å². The molecule has 3 N–H and O–H groups in total. The summed E-state index contributed by atoms with van der Waals surface area (Å²) in [5.41, 5.74) is 0.185. The molecule has 15 heavy (non-hydrogen) atoms. The minimum absolute atomic E-state index is 0.185. The van der Waals surface area contributed by atoms with E-state index in [1.807, 2.05) is 0 Å². The first kappa shape index (κ1) is 11.1. The topological polar surface area (TPSA) is 112 Å². The summed E-state index contributed by atoms with van der Waals surface area (Å²) in [6.45, 7) is -0.667. The third-order valence-electron chi connectivity index (χ3n) is 1.63. The lowest BCUT2D eigenvalue weighted by Gasteiger charge is -2.10. The lowest BCUT2D eigenvalue weighted by molar-refractivity contribution is -0.140. The van der Waals surface area contributed by atoms with Gasteiger partial charge in [-0.15, -0.1) is 0 Å². The van der Waals surface area contributed by atoms with Crippen molar-refractivity contribution < 1.29 is 19.8 Å². The fourth-order valence-electron chi connectivity index (χ4n) is 0.852. The Balaban J connectivity index is 2.67. The minimum atomic E-state index is -1.31. The molecule has 0 aliphatic rings. The van der Waals surface area contributed by atoms with Crippen molar-refractivity contribution in [3.8, 4) is 0 Å². The van der Waals surface area contributed by atoms with E-state index in [2.05, 4.69) is 15.5 Å². The number of nitrogens with zero attached hydrogens (tertiary/aromatic N) is 2. The molecule has 1 aromatic rings. The minimum Gasteiger partial charge on any atom is -0.480 e. The molecule has 1 rings (SSSR count). The van der Waals surface area contributed by atoms with Gasteiger partial charge in [-0.25, -0.2) is 4.79 Å². The number of nitrogens with one attached hydrogen (secondary N) is 1. The van der Waals surface area contributed by atoms with Crippen LogP contribution in [0.1, 0.15) is 10.4 Å². The van der Waals surface area contributed by atoms with Crippen LogP contribution < -0.4 is 5.32 Å². The van der Waals surface area contributed by atoms with E-state index in [9.17, 15) is 9.59 Å². The summed E-state index contributed by atoms with van der Waals surface area (Å²) in [5, 5.41) is 26.3. The number of aliphatic carboxylic acids is 1. The van der Waals surface area contributed by atoms with E-state index in [1.54, 1.807) is 0 Å². The molecule has 0 spiro atoms. The van der Waals surface area contributed by atoms with Gasteiger partial charge in [-0.3, -0.25) is 4.79 Å².